The molecule has 0 N–H and O–H groups in total. The number of nitrogens with zero attached hydrogens (tertiary/aromatic N) is 5. The number of piperazine rings is 1. The molecule has 200 valence electrons. The number of amides is 1. The minimum atomic E-state index is -0.344. The van der Waals surface area contributed by atoms with E-state index in [9.17, 15) is 19.2 Å². The molecule has 0 spiro atoms. The first kappa shape index (κ1) is 27.8. The van der Waals surface area contributed by atoms with E-state index in [4.69, 9.17) is 17.0 Å². The van der Waals surface area contributed by atoms with Crippen molar-refractivity contribution in [2.75, 3.05) is 56.2 Å². The highest BCUT2D eigenvalue weighted by Crippen LogP contribution is 2.36. The van der Waals surface area contributed by atoms with Crippen LogP contribution in [0.15, 0.2) is 34.0 Å². The summed E-state index contributed by atoms with van der Waals surface area (Å²) < 4.78 is 21.6. The van der Waals surface area contributed by atoms with Crippen LogP contribution in [0.2, 0.25) is 0 Å². The van der Waals surface area contributed by atoms with Crippen molar-refractivity contribution in [1.82, 2.24) is 9.47 Å². The quantitative estimate of drug-likeness (QED) is 0.360. The fraction of sp³-hybridized carbons (Fsp3) is 0.407. The maximum atomic E-state index is 14.4. The number of rotatable bonds is 8. The summed E-state index contributed by atoms with van der Waals surface area (Å²) in [6, 6.07) is 8.77. The third-order valence-corrected chi connectivity index (χ3v) is 8.11. The van der Waals surface area contributed by atoms with E-state index in [1.807, 2.05) is 17.9 Å². The zero-order valence-electron chi connectivity index (χ0n) is 21.7. The van der Waals surface area contributed by atoms with E-state index >= 15 is 0 Å². The number of methoxy groups -OCH3 is 1. The monoisotopic (exact) mass is 555 g/mol. The number of benzene rings is 1. The number of nitriles is 1. The smallest absolute Gasteiger partial charge is 0.270 e. The van der Waals surface area contributed by atoms with E-state index in [-0.39, 0.29) is 22.8 Å². The molecule has 0 bridgehead atoms. The van der Waals surface area contributed by atoms with Gasteiger partial charge in [0, 0.05) is 45.4 Å². The van der Waals surface area contributed by atoms with Crippen LogP contribution < -0.4 is 15.4 Å². The highest BCUT2D eigenvalue weighted by atomic mass is 32.2. The molecule has 0 unspecified atom stereocenters. The summed E-state index contributed by atoms with van der Waals surface area (Å²) in [5, 5.41) is 9.84. The number of thiocarbonyl (C=S) groups is 1. The molecule has 2 fully saturated rings. The highest BCUT2D eigenvalue weighted by Gasteiger charge is 2.33. The first-order chi connectivity index (χ1) is 18.3. The second-order valence-corrected chi connectivity index (χ2v) is 10.7. The number of pyridine rings is 1. The van der Waals surface area contributed by atoms with E-state index in [1.165, 1.54) is 22.7 Å². The number of aromatic nitrogens is 1. The number of para-hydroxylation sites is 1. The molecule has 11 heteroatoms. The van der Waals surface area contributed by atoms with Crippen molar-refractivity contribution in [2.45, 2.75) is 26.8 Å². The van der Waals surface area contributed by atoms with Crippen LogP contribution >= 0.6 is 24.0 Å². The van der Waals surface area contributed by atoms with Crippen LogP contribution in [0.1, 0.15) is 30.0 Å². The molecule has 0 radical (unpaired) electrons. The predicted octanol–water partition coefficient (Wildman–Crippen LogP) is 3.75. The topological polar surface area (TPSA) is 81.8 Å². The Labute approximate surface area is 231 Å². The van der Waals surface area contributed by atoms with Crippen LogP contribution in [-0.4, -0.2) is 66.1 Å². The van der Waals surface area contributed by atoms with Crippen LogP contribution in [-0.2, 0) is 16.1 Å². The molecular weight excluding hydrogens is 525 g/mol. The summed E-state index contributed by atoms with van der Waals surface area (Å²) in [4.78, 5) is 32.6. The standard InChI is InChI=1S/C27H30FN5O3S2/c1-4-9-32-24(31-12-10-30(11-13-31)22-8-6-5-7-21(22)28)19(18(2)20(17-29)25(32)34)16-23-26(35)33(14-15-36-3)27(37)38-23/h5-8,16H,4,9-15H2,1-3H3/b23-16-. The molecule has 2 aromatic rings. The van der Waals surface area contributed by atoms with Gasteiger partial charge in [0.15, 0.2) is 0 Å². The van der Waals surface area contributed by atoms with E-state index in [1.54, 1.807) is 36.8 Å². The number of halogens is 1. The van der Waals surface area contributed by atoms with Gasteiger partial charge in [-0.15, -0.1) is 0 Å². The van der Waals surface area contributed by atoms with Crippen molar-refractivity contribution in [3.63, 3.8) is 0 Å². The fourth-order valence-corrected chi connectivity index (χ4v) is 6.08. The third kappa shape index (κ3) is 5.34. The third-order valence-electron chi connectivity index (χ3n) is 6.73. The Hall–Kier alpha value is -3.20. The van der Waals surface area contributed by atoms with Gasteiger partial charge in [0.1, 0.15) is 27.6 Å². The second kappa shape index (κ2) is 12.1. The van der Waals surface area contributed by atoms with Gasteiger partial charge in [0.05, 0.1) is 23.7 Å². The average molecular weight is 556 g/mol. The zero-order valence-corrected chi connectivity index (χ0v) is 23.3. The highest BCUT2D eigenvalue weighted by molar-refractivity contribution is 8.26. The lowest BCUT2D eigenvalue weighted by Gasteiger charge is -2.39. The Balaban J connectivity index is 1.78. The number of ether oxygens (including phenoxy) is 1. The normalized spacial score (nSPS) is 17.0. The van der Waals surface area contributed by atoms with E-state index in [0.717, 1.165) is 0 Å². The molecule has 8 nitrogen and oxygen atoms in total. The summed E-state index contributed by atoms with van der Waals surface area (Å²) in [5.74, 6) is 0.177. The van der Waals surface area contributed by atoms with Crippen LogP contribution in [0.25, 0.3) is 6.08 Å². The lowest BCUT2D eigenvalue weighted by atomic mass is 10.0. The zero-order chi connectivity index (χ0) is 27.4. The SMILES string of the molecule is CCCn1c(N2CCN(c3ccccc3F)CC2)c(/C=C2\SC(=S)N(CCOC)C2=O)c(C)c(C#N)c1=O. The number of anilines is 2. The van der Waals surface area contributed by atoms with Gasteiger partial charge in [-0.2, -0.15) is 5.26 Å². The average Bonchev–Trinajstić information content (AvgIpc) is 3.18. The predicted molar refractivity (Wildman–Crippen MR) is 153 cm³/mol. The molecule has 0 aliphatic carbocycles. The van der Waals surface area contributed by atoms with Gasteiger partial charge < -0.3 is 14.5 Å². The summed E-state index contributed by atoms with van der Waals surface area (Å²) in [6.07, 6.45) is 2.45. The second-order valence-electron chi connectivity index (χ2n) is 9.06. The number of hydrogen-bond donors (Lipinski definition) is 0. The molecule has 4 rings (SSSR count). The minimum absolute atomic E-state index is 0.0632. The van der Waals surface area contributed by atoms with Gasteiger partial charge in [0.2, 0.25) is 0 Å². The first-order valence-electron chi connectivity index (χ1n) is 12.5. The van der Waals surface area contributed by atoms with Gasteiger partial charge in [-0.05, 0) is 37.1 Å². The lowest BCUT2D eigenvalue weighted by molar-refractivity contribution is -0.122. The summed E-state index contributed by atoms with van der Waals surface area (Å²) in [6.45, 7) is 7.03. The molecule has 2 aliphatic rings. The largest absolute Gasteiger partial charge is 0.383 e. The minimum Gasteiger partial charge on any atom is -0.383 e. The van der Waals surface area contributed by atoms with Gasteiger partial charge in [-0.3, -0.25) is 19.1 Å². The summed E-state index contributed by atoms with van der Waals surface area (Å²) in [7, 11) is 1.56. The number of hydrogen-bond acceptors (Lipinski definition) is 8. The van der Waals surface area contributed by atoms with Crippen molar-refractivity contribution in [3.05, 3.63) is 62.0 Å². The number of thioether (sulfide) groups is 1. The van der Waals surface area contributed by atoms with Crippen LogP contribution in [0, 0.1) is 24.1 Å². The molecular formula is C27H30FN5O3S2. The first-order valence-corrected chi connectivity index (χ1v) is 13.7. The van der Waals surface area contributed by atoms with Crippen molar-refractivity contribution >= 4 is 51.8 Å². The molecule has 1 aromatic heterocycles. The van der Waals surface area contributed by atoms with Gasteiger partial charge in [-0.1, -0.05) is 43.0 Å². The van der Waals surface area contributed by atoms with E-state index in [2.05, 4.69) is 11.0 Å². The molecule has 2 aliphatic heterocycles. The van der Waals surface area contributed by atoms with E-state index in [0.29, 0.717) is 84.2 Å². The maximum Gasteiger partial charge on any atom is 0.270 e. The Morgan fingerprint density at radius 1 is 1.16 bits per heavy atom. The molecule has 3 heterocycles. The Bertz CT molecular complexity index is 1380. The van der Waals surface area contributed by atoms with Gasteiger partial charge in [-0.25, -0.2) is 4.39 Å². The molecule has 0 atom stereocenters. The molecule has 0 saturated carbocycles. The maximum absolute atomic E-state index is 14.4. The van der Waals surface area contributed by atoms with E-state index < -0.39 is 0 Å². The molecule has 1 amide bonds. The lowest BCUT2D eigenvalue weighted by Crippen LogP contribution is -2.49. The van der Waals surface area contributed by atoms with Crippen molar-refractivity contribution in [1.29, 1.82) is 5.26 Å². The van der Waals surface area contributed by atoms with Crippen LogP contribution in [0.3, 0.4) is 0 Å². The van der Waals surface area contributed by atoms with Crippen molar-refractivity contribution < 1.29 is 13.9 Å². The Kier molecular flexibility index (Phi) is 8.87. The number of carbonyl (C=O) groups is 1. The fourth-order valence-electron chi connectivity index (χ4n) is 4.79. The van der Waals surface area contributed by atoms with Crippen molar-refractivity contribution in [3.8, 4) is 6.07 Å². The van der Waals surface area contributed by atoms with Crippen LogP contribution in [0.4, 0.5) is 15.9 Å². The molecule has 1 aromatic carbocycles. The summed E-state index contributed by atoms with van der Waals surface area (Å²) in [5.41, 5.74) is 1.45. The van der Waals surface area contributed by atoms with Gasteiger partial charge >= 0.3 is 0 Å². The molecule has 2 saturated heterocycles. The van der Waals surface area contributed by atoms with Gasteiger partial charge in [0.25, 0.3) is 11.5 Å². The van der Waals surface area contributed by atoms with Crippen LogP contribution in [0.5, 0.6) is 0 Å². The Morgan fingerprint density at radius 3 is 2.47 bits per heavy atom. The van der Waals surface area contributed by atoms with Crippen molar-refractivity contribution in [2.24, 2.45) is 0 Å². The molecule has 38 heavy (non-hydrogen) atoms. The number of carbonyl (C=O) groups excluding carboxylic acids is 1. The Morgan fingerprint density at radius 2 is 1.84 bits per heavy atom. The summed E-state index contributed by atoms with van der Waals surface area (Å²) >= 11 is 6.64.